The van der Waals surface area contributed by atoms with Crippen LogP contribution in [0.25, 0.3) is 0 Å². The van der Waals surface area contributed by atoms with Crippen LogP contribution in [0.2, 0.25) is 0 Å². The van der Waals surface area contributed by atoms with Crippen LogP contribution in [-0.2, 0) is 18.3 Å². The summed E-state index contributed by atoms with van der Waals surface area (Å²) in [5.74, 6) is 1.80. The fourth-order valence-corrected chi connectivity index (χ4v) is 5.16. The van der Waals surface area contributed by atoms with E-state index in [1.807, 2.05) is 18.2 Å². The highest BCUT2D eigenvalue weighted by atomic mass is 16.2. The third-order valence-electron chi connectivity index (χ3n) is 6.96. The summed E-state index contributed by atoms with van der Waals surface area (Å²) in [5.41, 5.74) is 4.51. The summed E-state index contributed by atoms with van der Waals surface area (Å²) in [6.45, 7) is 6.48. The largest absolute Gasteiger partial charge is 0.362 e. The molecule has 0 bridgehead atoms. The minimum absolute atomic E-state index is 0.0290. The van der Waals surface area contributed by atoms with Crippen LogP contribution in [0.4, 0.5) is 22.2 Å². The topological polar surface area (TPSA) is 82.2 Å². The fraction of sp³-hybridized carbons (Fsp3) is 0.593. The van der Waals surface area contributed by atoms with Crippen molar-refractivity contribution in [2.24, 2.45) is 0 Å². The van der Waals surface area contributed by atoms with Crippen molar-refractivity contribution in [1.29, 1.82) is 0 Å². The van der Waals surface area contributed by atoms with Gasteiger partial charge in [-0.15, -0.1) is 0 Å². The first-order chi connectivity index (χ1) is 16.2. The van der Waals surface area contributed by atoms with Crippen LogP contribution in [0.5, 0.6) is 0 Å². The molecule has 4 rings (SSSR count). The highest BCUT2D eigenvalue weighted by Gasteiger charge is 2.25. The molecule has 1 aromatic heterocycles. The van der Waals surface area contributed by atoms with Crippen LogP contribution >= 0.6 is 0 Å². The van der Waals surface area contributed by atoms with Gasteiger partial charge in [-0.2, -0.15) is 4.98 Å². The molecule has 1 aromatic carbocycles. The minimum atomic E-state index is -0.123. The molecular formula is C27H40N6O. The van der Waals surface area contributed by atoms with E-state index in [1.54, 1.807) is 0 Å². The first-order valence-electron chi connectivity index (χ1n) is 12.7. The molecule has 0 spiro atoms. The lowest BCUT2D eigenvalue weighted by atomic mass is 9.86. The number of benzene rings is 1. The summed E-state index contributed by atoms with van der Waals surface area (Å²) in [5, 5.41) is 9.84. The van der Waals surface area contributed by atoms with E-state index < -0.39 is 0 Å². The van der Waals surface area contributed by atoms with Crippen molar-refractivity contribution in [3.8, 4) is 0 Å². The zero-order valence-corrected chi connectivity index (χ0v) is 21.4. The van der Waals surface area contributed by atoms with Gasteiger partial charge in [-0.1, -0.05) is 39.0 Å². The molecule has 0 unspecified atom stereocenters. The summed E-state index contributed by atoms with van der Waals surface area (Å²) in [6, 6.07) is 8.43. The molecule has 0 saturated heterocycles. The third kappa shape index (κ3) is 5.80. The molecule has 2 aliphatic carbocycles. The van der Waals surface area contributed by atoms with E-state index in [0.717, 1.165) is 61.5 Å². The number of carbonyl (C=O) groups excluding carboxylic acids is 1. The van der Waals surface area contributed by atoms with Gasteiger partial charge in [-0.05, 0) is 68.4 Å². The molecule has 7 nitrogen and oxygen atoms in total. The zero-order chi connectivity index (χ0) is 24.3. The van der Waals surface area contributed by atoms with Gasteiger partial charge in [0, 0.05) is 37.4 Å². The van der Waals surface area contributed by atoms with Crippen molar-refractivity contribution in [2.45, 2.75) is 89.6 Å². The van der Waals surface area contributed by atoms with Crippen LogP contribution in [0, 0.1) is 0 Å². The van der Waals surface area contributed by atoms with E-state index in [-0.39, 0.29) is 17.5 Å². The summed E-state index contributed by atoms with van der Waals surface area (Å²) >= 11 is 0. The van der Waals surface area contributed by atoms with Crippen molar-refractivity contribution in [3.05, 3.63) is 41.1 Å². The number of nitrogens with zero attached hydrogens (tertiary/aromatic N) is 3. The van der Waals surface area contributed by atoms with E-state index in [9.17, 15) is 4.79 Å². The number of hydrogen-bond acceptors (Lipinski definition) is 5. The average Bonchev–Trinajstić information content (AvgIpc) is 2.79. The van der Waals surface area contributed by atoms with Gasteiger partial charge in [-0.25, -0.2) is 9.78 Å². The van der Waals surface area contributed by atoms with Crippen molar-refractivity contribution in [2.75, 3.05) is 29.6 Å². The lowest BCUT2D eigenvalue weighted by Gasteiger charge is -2.31. The number of aryl methyl sites for hydroxylation is 1. The Hall–Kier alpha value is -2.83. The molecule has 1 fully saturated rings. The predicted molar refractivity (Wildman–Crippen MR) is 140 cm³/mol. The summed E-state index contributed by atoms with van der Waals surface area (Å²) < 4.78 is 0. The first kappa shape index (κ1) is 24.3. The van der Waals surface area contributed by atoms with Gasteiger partial charge >= 0.3 is 6.03 Å². The Balaban J connectivity index is 1.31. The molecule has 2 aromatic rings. The Morgan fingerprint density at radius 2 is 1.65 bits per heavy atom. The van der Waals surface area contributed by atoms with Crippen LogP contribution < -0.4 is 20.9 Å². The molecule has 1 saturated carbocycles. The minimum Gasteiger partial charge on any atom is -0.362 e. The molecule has 7 heteroatoms. The van der Waals surface area contributed by atoms with Gasteiger partial charge < -0.3 is 20.9 Å². The van der Waals surface area contributed by atoms with E-state index >= 15 is 0 Å². The number of para-hydroxylation sites is 1. The van der Waals surface area contributed by atoms with Gasteiger partial charge in [0.2, 0.25) is 5.95 Å². The van der Waals surface area contributed by atoms with Crippen LogP contribution in [0.3, 0.4) is 0 Å². The molecule has 1 heterocycles. The Morgan fingerprint density at radius 3 is 2.35 bits per heavy atom. The second kappa shape index (κ2) is 10.2. The SMILES string of the molecule is CN(C)c1nc(NC2CCC(NC(=O)Nc3ccccc3C(C)(C)C)CC2)nc2c1CCCC2. The van der Waals surface area contributed by atoms with Crippen molar-refractivity contribution in [1.82, 2.24) is 15.3 Å². The number of aromatic nitrogens is 2. The van der Waals surface area contributed by atoms with Gasteiger partial charge in [0.15, 0.2) is 0 Å². The number of anilines is 3. The Morgan fingerprint density at radius 1 is 0.971 bits per heavy atom. The number of hydrogen-bond donors (Lipinski definition) is 3. The summed E-state index contributed by atoms with van der Waals surface area (Å²) in [4.78, 5) is 24.5. The monoisotopic (exact) mass is 464 g/mol. The van der Waals surface area contributed by atoms with Crippen molar-refractivity contribution < 1.29 is 4.79 Å². The van der Waals surface area contributed by atoms with E-state index in [1.165, 1.54) is 24.1 Å². The third-order valence-corrected chi connectivity index (χ3v) is 6.96. The highest BCUT2D eigenvalue weighted by Crippen LogP contribution is 2.31. The lowest BCUT2D eigenvalue weighted by molar-refractivity contribution is 0.243. The lowest BCUT2D eigenvalue weighted by Crippen LogP contribution is -2.42. The standard InChI is InChI=1S/C27H40N6O/c1-27(2,3)21-11-7-9-13-23(21)31-26(34)29-19-16-14-18(15-17-19)28-25-30-22-12-8-6-10-20(22)24(32-25)33(4)5/h7,9,11,13,18-19H,6,8,10,12,14-17H2,1-5H3,(H,28,30,32)(H2,29,31,34). The zero-order valence-electron chi connectivity index (χ0n) is 21.4. The van der Waals surface area contributed by atoms with Gasteiger partial charge in [0.25, 0.3) is 0 Å². The molecule has 3 N–H and O–H groups in total. The molecular weight excluding hydrogens is 424 g/mol. The number of carbonyl (C=O) groups is 1. The Kier molecular flexibility index (Phi) is 7.29. The normalized spacial score (nSPS) is 20.3. The molecule has 2 aliphatic rings. The van der Waals surface area contributed by atoms with Crippen LogP contribution in [0.1, 0.15) is 76.1 Å². The molecule has 34 heavy (non-hydrogen) atoms. The van der Waals surface area contributed by atoms with Crippen LogP contribution in [-0.4, -0.2) is 42.2 Å². The van der Waals surface area contributed by atoms with Crippen molar-refractivity contribution in [3.63, 3.8) is 0 Å². The number of nitrogens with one attached hydrogen (secondary N) is 3. The number of amides is 2. The second-order valence-electron chi connectivity index (χ2n) is 11.0. The maximum atomic E-state index is 12.7. The van der Waals surface area contributed by atoms with Gasteiger partial charge in [0.05, 0.1) is 5.69 Å². The van der Waals surface area contributed by atoms with Crippen LogP contribution in [0.15, 0.2) is 24.3 Å². The number of rotatable bonds is 5. The average molecular weight is 465 g/mol. The predicted octanol–water partition coefficient (Wildman–Crippen LogP) is 5.26. The fourth-order valence-electron chi connectivity index (χ4n) is 5.16. The molecule has 2 amide bonds. The Labute approximate surface area is 204 Å². The van der Waals surface area contributed by atoms with E-state index in [0.29, 0.717) is 6.04 Å². The number of fused-ring (bicyclic) bond motifs is 1. The van der Waals surface area contributed by atoms with Crippen molar-refractivity contribution >= 4 is 23.5 Å². The highest BCUT2D eigenvalue weighted by molar-refractivity contribution is 5.90. The first-order valence-corrected chi connectivity index (χ1v) is 12.7. The maximum Gasteiger partial charge on any atom is 0.319 e. The summed E-state index contributed by atoms with van der Waals surface area (Å²) in [7, 11) is 4.12. The van der Waals surface area contributed by atoms with Gasteiger partial charge in [0.1, 0.15) is 5.82 Å². The second-order valence-corrected chi connectivity index (χ2v) is 11.0. The molecule has 0 atom stereocenters. The Bertz CT molecular complexity index is 1000. The van der Waals surface area contributed by atoms with E-state index in [2.05, 4.69) is 61.8 Å². The molecule has 0 aliphatic heterocycles. The van der Waals surface area contributed by atoms with E-state index in [4.69, 9.17) is 9.97 Å². The maximum absolute atomic E-state index is 12.7. The molecule has 184 valence electrons. The summed E-state index contributed by atoms with van der Waals surface area (Å²) in [6.07, 6.45) is 8.39. The smallest absolute Gasteiger partial charge is 0.319 e. The molecule has 0 radical (unpaired) electrons. The van der Waals surface area contributed by atoms with Gasteiger partial charge in [-0.3, -0.25) is 0 Å². The quantitative estimate of drug-likeness (QED) is 0.562. The number of urea groups is 1.